The van der Waals surface area contributed by atoms with Crippen LogP contribution in [0.15, 0.2) is 0 Å². The number of rotatable bonds is 5. The Morgan fingerprint density at radius 3 is 2.56 bits per heavy atom. The van der Waals surface area contributed by atoms with Crippen molar-refractivity contribution in [3.63, 3.8) is 0 Å². The molecule has 0 heterocycles. The number of hydrogen-bond donors (Lipinski definition) is 0. The predicted molar refractivity (Wildman–Crippen MR) is 37.3 cm³/mol. The van der Waals surface area contributed by atoms with Crippen LogP contribution in [0.4, 0.5) is 0 Å². The minimum absolute atomic E-state index is 0.0989. The number of ether oxygens (including phenoxy) is 2. The van der Waals surface area contributed by atoms with Gasteiger partial charge in [0.05, 0.1) is 6.10 Å². The Labute approximate surface area is 57.2 Å². The van der Waals surface area contributed by atoms with Gasteiger partial charge in [0.1, 0.15) is 0 Å². The summed E-state index contributed by atoms with van der Waals surface area (Å²) >= 11 is 0. The van der Waals surface area contributed by atoms with Gasteiger partial charge >= 0.3 is 0 Å². The van der Waals surface area contributed by atoms with E-state index in [0.717, 1.165) is 19.6 Å². The summed E-state index contributed by atoms with van der Waals surface area (Å²) in [5.74, 6) is 0. The first-order valence-electron chi connectivity index (χ1n) is 3.21. The van der Waals surface area contributed by atoms with Gasteiger partial charge in [0, 0.05) is 20.3 Å². The molecule has 55 valence electrons. The molecule has 0 fully saturated rings. The zero-order valence-electron chi connectivity index (χ0n) is 6.22. The molecule has 0 aliphatic heterocycles. The molecule has 0 saturated heterocycles. The molecule has 1 atom stereocenters. The average Bonchev–Trinajstić information content (AvgIpc) is 1.80. The van der Waals surface area contributed by atoms with E-state index < -0.39 is 0 Å². The van der Waals surface area contributed by atoms with Crippen LogP contribution in [0.3, 0.4) is 0 Å². The molecular weight excluding hydrogens is 116 g/mol. The highest BCUT2D eigenvalue weighted by molar-refractivity contribution is 4.48. The van der Waals surface area contributed by atoms with Crippen molar-refractivity contribution < 1.29 is 9.47 Å². The zero-order chi connectivity index (χ0) is 7.11. The quantitative estimate of drug-likeness (QED) is 0.523. The Morgan fingerprint density at radius 2 is 2.11 bits per heavy atom. The largest absolute Gasteiger partial charge is 0.385 e. The normalized spacial score (nSPS) is 10.7. The lowest BCUT2D eigenvalue weighted by atomic mass is 10.4. The average molecular weight is 131 g/mol. The molecule has 0 aromatic heterocycles. The van der Waals surface area contributed by atoms with Crippen molar-refractivity contribution >= 4 is 0 Å². The third kappa shape index (κ3) is 7.92. The highest BCUT2D eigenvalue weighted by atomic mass is 16.5. The molecule has 0 rings (SSSR count). The molecular formula is C7H15O2. The van der Waals surface area contributed by atoms with E-state index in [2.05, 4.69) is 6.92 Å². The Balaban J connectivity index is 2.75. The maximum absolute atomic E-state index is 5.15. The van der Waals surface area contributed by atoms with Crippen LogP contribution in [-0.4, -0.2) is 26.4 Å². The van der Waals surface area contributed by atoms with Gasteiger partial charge in [-0.05, 0) is 20.3 Å². The lowest BCUT2D eigenvalue weighted by Gasteiger charge is -2.05. The van der Waals surface area contributed by atoms with E-state index in [1.54, 1.807) is 7.11 Å². The smallest absolute Gasteiger partial charge is 0.0548 e. The molecule has 1 unspecified atom stereocenters. The standard InChI is InChI=1S/C7H15O2/c1-7(2)9-6-4-5-8-3/h7H,1,4-6H2,2-3H3. The van der Waals surface area contributed by atoms with Gasteiger partial charge < -0.3 is 9.47 Å². The van der Waals surface area contributed by atoms with Gasteiger partial charge in [-0.15, -0.1) is 0 Å². The molecule has 0 saturated carbocycles. The molecule has 2 nitrogen and oxygen atoms in total. The lowest BCUT2D eigenvalue weighted by Crippen LogP contribution is -2.05. The van der Waals surface area contributed by atoms with Crippen molar-refractivity contribution in [1.29, 1.82) is 0 Å². The minimum atomic E-state index is 0.0989. The van der Waals surface area contributed by atoms with E-state index in [1.165, 1.54) is 0 Å². The maximum Gasteiger partial charge on any atom is 0.0548 e. The fraction of sp³-hybridized carbons (Fsp3) is 0.857. The van der Waals surface area contributed by atoms with Gasteiger partial charge in [-0.3, -0.25) is 0 Å². The molecule has 0 aromatic rings. The van der Waals surface area contributed by atoms with Gasteiger partial charge in [-0.1, -0.05) is 0 Å². The first-order valence-corrected chi connectivity index (χ1v) is 3.21. The molecule has 0 N–H and O–H groups in total. The molecule has 0 aliphatic rings. The van der Waals surface area contributed by atoms with Crippen molar-refractivity contribution in [3.05, 3.63) is 6.92 Å². The van der Waals surface area contributed by atoms with Gasteiger partial charge in [-0.25, -0.2) is 0 Å². The predicted octanol–water partition coefficient (Wildman–Crippen LogP) is 1.26. The minimum Gasteiger partial charge on any atom is -0.385 e. The maximum atomic E-state index is 5.15. The van der Waals surface area contributed by atoms with Crippen LogP contribution in [0.2, 0.25) is 0 Å². The monoisotopic (exact) mass is 131 g/mol. The highest BCUT2D eigenvalue weighted by Gasteiger charge is 1.90. The van der Waals surface area contributed by atoms with Crippen molar-refractivity contribution in [2.45, 2.75) is 19.4 Å². The summed E-state index contributed by atoms with van der Waals surface area (Å²) in [7, 11) is 1.69. The van der Waals surface area contributed by atoms with Crippen molar-refractivity contribution in [2.75, 3.05) is 20.3 Å². The van der Waals surface area contributed by atoms with Gasteiger partial charge in [0.15, 0.2) is 0 Å². The molecule has 0 aliphatic carbocycles. The topological polar surface area (TPSA) is 18.5 Å². The summed E-state index contributed by atoms with van der Waals surface area (Å²) in [6.45, 7) is 7.12. The summed E-state index contributed by atoms with van der Waals surface area (Å²) < 4.78 is 9.98. The van der Waals surface area contributed by atoms with Crippen LogP contribution in [0.1, 0.15) is 13.3 Å². The van der Waals surface area contributed by atoms with Crippen molar-refractivity contribution in [1.82, 2.24) is 0 Å². The summed E-state index contributed by atoms with van der Waals surface area (Å²) in [5.41, 5.74) is 0. The SMILES string of the molecule is [CH2]C(C)OCCCOC. The first kappa shape index (κ1) is 8.92. The van der Waals surface area contributed by atoms with Crippen LogP contribution >= 0.6 is 0 Å². The van der Waals surface area contributed by atoms with Crippen LogP contribution in [0.5, 0.6) is 0 Å². The Bertz CT molecular complexity index is 52.9. The van der Waals surface area contributed by atoms with E-state index in [-0.39, 0.29) is 6.10 Å². The van der Waals surface area contributed by atoms with Gasteiger partial charge in [0.25, 0.3) is 0 Å². The van der Waals surface area contributed by atoms with E-state index >= 15 is 0 Å². The second-order valence-corrected chi connectivity index (χ2v) is 2.03. The third-order valence-electron chi connectivity index (χ3n) is 0.895. The second-order valence-electron chi connectivity index (χ2n) is 2.03. The molecule has 0 spiro atoms. The van der Waals surface area contributed by atoms with Crippen molar-refractivity contribution in [3.8, 4) is 0 Å². The molecule has 1 radical (unpaired) electrons. The molecule has 9 heavy (non-hydrogen) atoms. The fourth-order valence-electron chi connectivity index (χ4n) is 0.488. The second kappa shape index (κ2) is 6.05. The van der Waals surface area contributed by atoms with Gasteiger partial charge in [0.2, 0.25) is 0 Å². The summed E-state index contributed by atoms with van der Waals surface area (Å²) in [6.07, 6.45) is 1.05. The third-order valence-corrected chi connectivity index (χ3v) is 0.895. The van der Waals surface area contributed by atoms with Gasteiger partial charge in [-0.2, -0.15) is 0 Å². The highest BCUT2D eigenvalue weighted by Crippen LogP contribution is 1.89. The summed E-state index contributed by atoms with van der Waals surface area (Å²) in [4.78, 5) is 0. The fourth-order valence-corrected chi connectivity index (χ4v) is 0.488. The van der Waals surface area contributed by atoms with Crippen LogP contribution < -0.4 is 0 Å². The Kier molecular flexibility index (Phi) is 5.99. The Hall–Kier alpha value is -0.0800. The van der Waals surface area contributed by atoms with Crippen molar-refractivity contribution in [2.24, 2.45) is 0 Å². The van der Waals surface area contributed by atoms with E-state index in [9.17, 15) is 0 Å². The van der Waals surface area contributed by atoms with Crippen LogP contribution in [-0.2, 0) is 9.47 Å². The lowest BCUT2D eigenvalue weighted by molar-refractivity contribution is 0.0744. The summed E-state index contributed by atoms with van der Waals surface area (Å²) in [6, 6.07) is 0. The molecule has 0 amide bonds. The molecule has 0 aromatic carbocycles. The zero-order valence-corrected chi connectivity index (χ0v) is 6.22. The first-order chi connectivity index (χ1) is 4.27. The molecule has 2 heteroatoms. The van der Waals surface area contributed by atoms with Crippen LogP contribution in [0.25, 0.3) is 0 Å². The Morgan fingerprint density at radius 1 is 1.44 bits per heavy atom. The van der Waals surface area contributed by atoms with E-state index in [1.807, 2.05) is 6.92 Å². The van der Waals surface area contributed by atoms with Crippen LogP contribution in [0, 0.1) is 6.92 Å². The molecule has 0 bridgehead atoms. The van der Waals surface area contributed by atoms with E-state index in [4.69, 9.17) is 9.47 Å². The number of methoxy groups -OCH3 is 1. The number of hydrogen-bond acceptors (Lipinski definition) is 2. The summed E-state index contributed by atoms with van der Waals surface area (Å²) in [5, 5.41) is 0. The van der Waals surface area contributed by atoms with E-state index in [0.29, 0.717) is 0 Å².